The van der Waals surface area contributed by atoms with Crippen molar-refractivity contribution in [3.63, 3.8) is 0 Å². The Morgan fingerprint density at radius 1 is 0.926 bits per heavy atom. The zero-order chi connectivity index (χ0) is 19.6. The molecule has 27 heavy (non-hydrogen) atoms. The maximum Gasteiger partial charge on any atom is 0.251 e. The van der Waals surface area contributed by atoms with Gasteiger partial charge >= 0.3 is 0 Å². The van der Waals surface area contributed by atoms with Gasteiger partial charge in [-0.05, 0) is 47.9 Å². The van der Waals surface area contributed by atoms with Crippen LogP contribution in [0.2, 0.25) is 0 Å². The van der Waals surface area contributed by atoms with Crippen LogP contribution in [-0.4, -0.2) is 38.6 Å². The van der Waals surface area contributed by atoms with E-state index in [1.54, 1.807) is 19.2 Å². The number of nitrogens with one attached hydrogen (secondary N) is 3. The molecule has 0 aliphatic heterocycles. The second kappa shape index (κ2) is 10.2. The average Bonchev–Trinajstić information content (AvgIpc) is 2.70. The number of carbonyl (C=O) groups excluding carboxylic acids is 2. The minimum absolute atomic E-state index is 0.0483. The van der Waals surface area contributed by atoms with Gasteiger partial charge in [-0.15, -0.1) is 0 Å². The van der Waals surface area contributed by atoms with E-state index in [0.29, 0.717) is 24.6 Å². The Morgan fingerprint density at radius 3 is 2.19 bits per heavy atom. The highest BCUT2D eigenvalue weighted by Crippen LogP contribution is 2.15. The van der Waals surface area contributed by atoms with Gasteiger partial charge in [0, 0.05) is 24.3 Å². The zero-order valence-electron chi connectivity index (χ0n) is 16.0. The average molecular weight is 369 g/mol. The van der Waals surface area contributed by atoms with Crippen LogP contribution in [0.15, 0.2) is 48.5 Å². The molecule has 0 heterocycles. The first-order chi connectivity index (χ1) is 13.0. The highest BCUT2D eigenvalue weighted by molar-refractivity contribution is 5.96. The highest BCUT2D eigenvalue weighted by Gasteiger charge is 2.08. The van der Waals surface area contributed by atoms with Gasteiger partial charge in [0.25, 0.3) is 5.91 Å². The van der Waals surface area contributed by atoms with Crippen LogP contribution in [0.5, 0.6) is 5.75 Å². The van der Waals surface area contributed by atoms with E-state index in [-0.39, 0.29) is 18.4 Å². The lowest BCUT2D eigenvalue weighted by Gasteiger charge is -2.10. The molecule has 0 bridgehead atoms. The molecule has 0 atom stereocenters. The first kappa shape index (κ1) is 20.3. The Morgan fingerprint density at radius 2 is 1.59 bits per heavy atom. The number of hydrogen-bond donors (Lipinski definition) is 3. The summed E-state index contributed by atoms with van der Waals surface area (Å²) in [7, 11) is 1.62. The molecule has 0 radical (unpaired) electrons. The summed E-state index contributed by atoms with van der Waals surface area (Å²) in [6, 6.07) is 15.0. The van der Waals surface area contributed by atoms with Crippen molar-refractivity contribution in [2.24, 2.45) is 0 Å². The van der Waals surface area contributed by atoms with Crippen LogP contribution in [0.25, 0.3) is 0 Å². The Bertz CT molecular complexity index is 740. The molecule has 2 amide bonds. The molecule has 144 valence electrons. The summed E-state index contributed by atoms with van der Waals surface area (Å²) < 4.78 is 5.10. The molecular weight excluding hydrogens is 342 g/mol. The molecule has 2 aromatic carbocycles. The van der Waals surface area contributed by atoms with Crippen molar-refractivity contribution < 1.29 is 14.3 Å². The van der Waals surface area contributed by atoms with E-state index in [9.17, 15) is 9.59 Å². The van der Waals surface area contributed by atoms with Crippen molar-refractivity contribution in [2.75, 3.05) is 32.1 Å². The van der Waals surface area contributed by atoms with Crippen molar-refractivity contribution in [1.29, 1.82) is 0 Å². The van der Waals surface area contributed by atoms with E-state index in [2.05, 4.69) is 29.8 Å². The lowest BCUT2D eigenvalue weighted by Crippen LogP contribution is -2.38. The number of benzene rings is 2. The molecule has 2 aromatic rings. The molecule has 0 aliphatic rings. The van der Waals surface area contributed by atoms with Crippen LogP contribution >= 0.6 is 0 Å². The number of anilines is 1. The zero-order valence-corrected chi connectivity index (χ0v) is 16.0. The number of amides is 2. The molecule has 0 fully saturated rings. The third-order valence-corrected chi connectivity index (χ3v) is 4.12. The number of hydrogen-bond acceptors (Lipinski definition) is 4. The van der Waals surface area contributed by atoms with Gasteiger partial charge < -0.3 is 20.7 Å². The molecule has 3 N–H and O–H groups in total. The third kappa shape index (κ3) is 6.66. The first-order valence-corrected chi connectivity index (χ1v) is 9.02. The van der Waals surface area contributed by atoms with Crippen LogP contribution in [0.3, 0.4) is 0 Å². The van der Waals surface area contributed by atoms with Gasteiger partial charge in [-0.1, -0.05) is 26.0 Å². The Balaban J connectivity index is 1.65. The van der Waals surface area contributed by atoms with Crippen molar-refractivity contribution >= 4 is 17.5 Å². The molecule has 0 spiro atoms. The fourth-order valence-corrected chi connectivity index (χ4v) is 2.46. The molecule has 0 aliphatic carbocycles. The van der Waals surface area contributed by atoms with Crippen molar-refractivity contribution in [3.05, 3.63) is 59.7 Å². The van der Waals surface area contributed by atoms with E-state index >= 15 is 0 Å². The molecular formula is C21H27N3O3. The maximum absolute atomic E-state index is 12.1. The Kier molecular flexibility index (Phi) is 7.67. The van der Waals surface area contributed by atoms with Gasteiger partial charge in [0.1, 0.15) is 5.75 Å². The second-order valence-electron chi connectivity index (χ2n) is 6.46. The van der Waals surface area contributed by atoms with E-state index in [4.69, 9.17) is 4.74 Å². The summed E-state index contributed by atoms with van der Waals surface area (Å²) in [5.41, 5.74) is 2.67. The quantitative estimate of drug-likeness (QED) is 0.594. The summed E-state index contributed by atoms with van der Waals surface area (Å²) in [4.78, 5) is 23.9. The molecule has 0 saturated carbocycles. The Hall–Kier alpha value is -3.02. The maximum atomic E-state index is 12.1. The van der Waals surface area contributed by atoms with Crippen LogP contribution in [0.4, 0.5) is 5.69 Å². The Labute approximate surface area is 160 Å². The third-order valence-electron chi connectivity index (χ3n) is 4.12. The van der Waals surface area contributed by atoms with Crippen LogP contribution < -0.4 is 20.7 Å². The molecule has 6 nitrogen and oxygen atoms in total. The number of rotatable bonds is 9. The lowest BCUT2D eigenvalue weighted by atomic mass is 10.0. The second-order valence-corrected chi connectivity index (χ2v) is 6.46. The predicted octanol–water partition coefficient (Wildman–Crippen LogP) is 2.78. The largest absolute Gasteiger partial charge is 0.497 e. The van der Waals surface area contributed by atoms with Crippen LogP contribution in [0.1, 0.15) is 35.7 Å². The highest BCUT2D eigenvalue weighted by atomic mass is 16.5. The van der Waals surface area contributed by atoms with Crippen molar-refractivity contribution in [3.8, 4) is 5.75 Å². The summed E-state index contributed by atoms with van der Waals surface area (Å²) in [6.45, 7) is 5.20. The van der Waals surface area contributed by atoms with Gasteiger partial charge in [0.05, 0.1) is 13.7 Å². The number of carbonyl (C=O) groups is 2. The van der Waals surface area contributed by atoms with Crippen molar-refractivity contribution in [2.45, 2.75) is 19.8 Å². The van der Waals surface area contributed by atoms with Gasteiger partial charge in [-0.2, -0.15) is 0 Å². The fourth-order valence-electron chi connectivity index (χ4n) is 2.46. The minimum Gasteiger partial charge on any atom is -0.497 e. The van der Waals surface area contributed by atoms with E-state index < -0.39 is 0 Å². The van der Waals surface area contributed by atoms with Gasteiger partial charge in [0.2, 0.25) is 5.91 Å². The summed E-state index contributed by atoms with van der Waals surface area (Å²) >= 11 is 0. The number of ether oxygens (including phenoxy) is 1. The molecule has 0 saturated heterocycles. The van der Waals surface area contributed by atoms with Gasteiger partial charge in [-0.3, -0.25) is 9.59 Å². The van der Waals surface area contributed by atoms with Crippen LogP contribution in [-0.2, 0) is 4.79 Å². The summed E-state index contributed by atoms with van der Waals surface area (Å²) in [5.74, 6) is 0.735. The topological polar surface area (TPSA) is 79.5 Å². The lowest BCUT2D eigenvalue weighted by molar-refractivity contribution is -0.120. The summed E-state index contributed by atoms with van der Waals surface area (Å²) in [5, 5.41) is 8.60. The minimum atomic E-state index is -0.253. The van der Waals surface area contributed by atoms with Gasteiger partial charge in [-0.25, -0.2) is 0 Å². The molecule has 0 unspecified atom stereocenters. The van der Waals surface area contributed by atoms with Crippen molar-refractivity contribution in [1.82, 2.24) is 10.6 Å². The van der Waals surface area contributed by atoms with Crippen LogP contribution in [0, 0.1) is 0 Å². The monoisotopic (exact) mass is 369 g/mol. The fraction of sp³-hybridized carbons (Fsp3) is 0.333. The standard InChI is InChI=1S/C21H27N3O3/c1-15(2)16-4-6-17(7-5-16)21(26)24-14-20(25)23-13-12-22-18-8-10-19(27-3)11-9-18/h4-11,15,22H,12-14H2,1-3H3,(H,23,25)(H,24,26). The SMILES string of the molecule is COc1ccc(NCCNC(=O)CNC(=O)c2ccc(C(C)C)cc2)cc1. The normalized spacial score (nSPS) is 10.4. The van der Waals surface area contributed by atoms with Gasteiger partial charge in [0.15, 0.2) is 0 Å². The smallest absolute Gasteiger partial charge is 0.251 e. The summed E-state index contributed by atoms with van der Waals surface area (Å²) in [6.07, 6.45) is 0. The molecule has 0 aromatic heterocycles. The molecule has 2 rings (SSSR count). The predicted molar refractivity (Wildman–Crippen MR) is 107 cm³/mol. The first-order valence-electron chi connectivity index (χ1n) is 9.02. The molecule has 6 heteroatoms. The van der Waals surface area contributed by atoms with E-state index in [0.717, 1.165) is 11.4 Å². The van der Waals surface area contributed by atoms with E-state index in [1.165, 1.54) is 5.56 Å². The number of methoxy groups -OCH3 is 1. The van der Waals surface area contributed by atoms with E-state index in [1.807, 2.05) is 36.4 Å².